The Hall–Kier alpha value is -1.07. The summed E-state index contributed by atoms with van der Waals surface area (Å²) < 4.78 is 30.2. The number of hydrogen-bond donors (Lipinski definition) is 1. The average molecular weight is 283 g/mol. The second-order valence-corrected chi connectivity index (χ2v) is 7.14. The van der Waals surface area contributed by atoms with Crippen LogP contribution in [0.3, 0.4) is 0 Å². The normalized spacial score (nSPS) is 23.5. The zero-order valence-electron chi connectivity index (χ0n) is 11.4. The topological polar surface area (TPSA) is 55.4 Å². The molecule has 0 aromatic heterocycles. The highest BCUT2D eigenvalue weighted by Crippen LogP contribution is 2.31. The molecular weight excluding hydrogens is 262 g/mol. The molecule has 2 unspecified atom stereocenters. The van der Waals surface area contributed by atoms with Crippen molar-refractivity contribution in [3.05, 3.63) is 24.3 Å². The van der Waals surface area contributed by atoms with Crippen LogP contribution in [0.4, 0.5) is 0 Å². The van der Waals surface area contributed by atoms with E-state index in [1.54, 1.807) is 31.4 Å². The summed E-state index contributed by atoms with van der Waals surface area (Å²) in [6, 6.07) is 7.07. The number of hydrogen-bond acceptors (Lipinski definition) is 4. The fraction of sp³-hybridized carbons (Fsp3) is 0.571. The van der Waals surface area contributed by atoms with Crippen molar-refractivity contribution >= 4 is 9.84 Å². The van der Waals surface area contributed by atoms with Crippen molar-refractivity contribution in [2.45, 2.75) is 42.4 Å². The van der Waals surface area contributed by atoms with Gasteiger partial charge in [0.05, 0.1) is 17.3 Å². The molecule has 5 heteroatoms. The molecule has 2 atom stereocenters. The van der Waals surface area contributed by atoms with Crippen LogP contribution in [0.2, 0.25) is 0 Å². The Balaban J connectivity index is 2.18. The number of nitrogens with one attached hydrogen (secondary N) is 1. The smallest absolute Gasteiger partial charge is 0.181 e. The molecule has 1 fully saturated rings. The van der Waals surface area contributed by atoms with E-state index in [-0.39, 0.29) is 5.25 Å². The van der Waals surface area contributed by atoms with E-state index < -0.39 is 9.84 Å². The minimum absolute atomic E-state index is 0.274. The summed E-state index contributed by atoms with van der Waals surface area (Å²) in [5.41, 5.74) is 0. The molecule has 0 saturated heterocycles. The maximum Gasteiger partial charge on any atom is 0.181 e. The van der Waals surface area contributed by atoms with Crippen LogP contribution in [0.1, 0.15) is 26.2 Å². The molecular formula is C14H21NO3S. The molecule has 1 aliphatic rings. The zero-order valence-corrected chi connectivity index (χ0v) is 12.2. The number of ether oxygens (including phenoxy) is 1. The van der Waals surface area contributed by atoms with Crippen molar-refractivity contribution in [1.29, 1.82) is 0 Å². The molecule has 1 N–H and O–H groups in total. The number of rotatable bonds is 5. The summed E-state index contributed by atoms with van der Waals surface area (Å²) in [4.78, 5) is 0.369. The van der Waals surface area contributed by atoms with Gasteiger partial charge in [-0.1, -0.05) is 13.0 Å². The summed E-state index contributed by atoms with van der Waals surface area (Å²) >= 11 is 0. The van der Waals surface area contributed by atoms with Crippen molar-refractivity contribution in [1.82, 2.24) is 5.32 Å². The van der Waals surface area contributed by atoms with Gasteiger partial charge >= 0.3 is 0 Å². The van der Waals surface area contributed by atoms with Crippen molar-refractivity contribution in [3.63, 3.8) is 0 Å². The largest absolute Gasteiger partial charge is 0.497 e. The third kappa shape index (κ3) is 3.09. The highest BCUT2D eigenvalue weighted by Gasteiger charge is 2.35. The SMILES string of the molecule is CCNC1CCC(S(=O)(=O)c2cccc(OC)c2)C1. The third-order valence-corrected chi connectivity index (χ3v) is 5.90. The van der Waals surface area contributed by atoms with Crippen LogP contribution in [-0.4, -0.2) is 33.4 Å². The molecule has 1 saturated carbocycles. The standard InChI is InChI=1S/C14H21NO3S/c1-3-15-11-7-8-14(9-11)19(16,17)13-6-4-5-12(10-13)18-2/h4-6,10-11,14-15H,3,7-9H2,1-2H3. The molecule has 0 amide bonds. The van der Waals surface area contributed by atoms with E-state index in [1.807, 2.05) is 6.92 Å². The molecule has 106 valence electrons. The summed E-state index contributed by atoms with van der Waals surface area (Å²) in [6.45, 7) is 2.93. The Bertz CT molecular complexity index is 527. The van der Waals surface area contributed by atoms with Crippen LogP contribution in [0.15, 0.2) is 29.2 Å². The van der Waals surface area contributed by atoms with Crippen molar-refractivity contribution in [2.24, 2.45) is 0 Å². The molecule has 0 bridgehead atoms. The van der Waals surface area contributed by atoms with Gasteiger partial charge in [0.15, 0.2) is 9.84 Å². The van der Waals surface area contributed by atoms with Crippen molar-refractivity contribution < 1.29 is 13.2 Å². The maximum atomic E-state index is 12.6. The van der Waals surface area contributed by atoms with E-state index in [1.165, 1.54) is 0 Å². The first-order valence-corrected chi connectivity index (χ1v) is 8.24. The lowest BCUT2D eigenvalue weighted by atomic mass is 10.2. The van der Waals surface area contributed by atoms with E-state index in [2.05, 4.69) is 5.32 Å². The Morgan fingerprint density at radius 1 is 1.37 bits per heavy atom. The van der Waals surface area contributed by atoms with Gasteiger partial charge in [-0.25, -0.2) is 8.42 Å². The Morgan fingerprint density at radius 2 is 2.16 bits per heavy atom. The molecule has 4 nitrogen and oxygen atoms in total. The first kappa shape index (κ1) is 14.3. The predicted octanol–water partition coefficient (Wildman–Crippen LogP) is 2.00. The Morgan fingerprint density at radius 3 is 2.84 bits per heavy atom. The quantitative estimate of drug-likeness (QED) is 0.898. The molecule has 0 heterocycles. The summed E-state index contributed by atoms with van der Waals surface area (Å²) in [5.74, 6) is 0.585. The maximum absolute atomic E-state index is 12.6. The van der Waals surface area contributed by atoms with Crippen molar-refractivity contribution in [2.75, 3.05) is 13.7 Å². The van der Waals surface area contributed by atoms with Gasteiger partial charge in [-0.2, -0.15) is 0 Å². The van der Waals surface area contributed by atoms with E-state index in [4.69, 9.17) is 4.74 Å². The molecule has 0 radical (unpaired) electrons. The average Bonchev–Trinajstić information content (AvgIpc) is 2.88. The Labute approximate surface area is 115 Å². The first-order chi connectivity index (χ1) is 9.07. The number of sulfone groups is 1. The first-order valence-electron chi connectivity index (χ1n) is 6.69. The minimum Gasteiger partial charge on any atom is -0.497 e. The minimum atomic E-state index is -3.24. The second kappa shape index (κ2) is 5.92. The second-order valence-electron chi connectivity index (χ2n) is 4.91. The lowest BCUT2D eigenvalue weighted by Gasteiger charge is -2.13. The zero-order chi connectivity index (χ0) is 13.9. The molecule has 19 heavy (non-hydrogen) atoms. The highest BCUT2D eigenvalue weighted by atomic mass is 32.2. The van der Waals surface area contributed by atoms with E-state index in [9.17, 15) is 8.42 Å². The fourth-order valence-corrected chi connectivity index (χ4v) is 4.53. The van der Waals surface area contributed by atoms with E-state index >= 15 is 0 Å². The van der Waals surface area contributed by atoms with Gasteiger partial charge in [-0.15, -0.1) is 0 Å². The number of methoxy groups -OCH3 is 1. The van der Waals surface area contributed by atoms with E-state index in [0.29, 0.717) is 23.1 Å². The Kier molecular flexibility index (Phi) is 4.47. The number of benzene rings is 1. The van der Waals surface area contributed by atoms with E-state index in [0.717, 1.165) is 19.4 Å². The van der Waals surface area contributed by atoms with Gasteiger partial charge in [0.25, 0.3) is 0 Å². The van der Waals surface area contributed by atoms with Gasteiger partial charge in [-0.05, 0) is 44.0 Å². The summed E-state index contributed by atoms with van der Waals surface area (Å²) in [5, 5.41) is 3.06. The molecule has 0 aliphatic heterocycles. The van der Waals surface area contributed by atoms with Crippen molar-refractivity contribution in [3.8, 4) is 5.75 Å². The molecule has 2 rings (SSSR count). The lowest BCUT2D eigenvalue weighted by Crippen LogP contribution is -2.28. The monoisotopic (exact) mass is 283 g/mol. The van der Waals surface area contributed by atoms with Crippen LogP contribution >= 0.6 is 0 Å². The van der Waals surface area contributed by atoms with Gasteiger partial charge in [-0.3, -0.25) is 0 Å². The lowest BCUT2D eigenvalue weighted by molar-refractivity contribution is 0.413. The van der Waals surface area contributed by atoms with Gasteiger partial charge in [0.1, 0.15) is 5.75 Å². The van der Waals surface area contributed by atoms with Gasteiger partial charge in [0.2, 0.25) is 0 Å². The molecule has 0 spiro atoms. The van der Waals surface area contributed by atoms with Gasteiger partial charge < -0.3 is 10.1 Å². The van der Waals surface area contributed by atoms with Crippen LogP contribution in [-0.2, 0) is 9.84 Å². The third-order valence-electron chi connectivity index (χ3n) is 3.69. The van der Waals surface area contributed by atoms with Gasteiger partial charge in [0, 0.05) is 6.04 Å². The summed E-state index contributed by atoms with van der Waals surface area (Å²) in [6.07, 6.45) is 2.37. The predicted molar refractivity (Wildman–Crippen MR) is 75.3 cm³/mol. The summed E-state index contributed by atoms with van der Waals surface area (Å²) in [7, 11) is -1.70. The molecule has 1 aliphatic carbocycles. The highest BCUT2D eigenvalue weighted by molar-refractivity contribution is 7.92. The van der Waals surface area contributed by atoms with Crippen LogP contribution in [0.5, 0.6) is 5.75 Å². The van der Waals surface area contributed by atoms with Crippen LogP contribution in [0.25, 0.3) is 0 Å². The van der Waals surface area contributed by atoms with Crippen LogP contribution < -0.4 is 10.1 Å². The molecule has 1 aromatic rings. The molecule has 1 aromatic carbocycles. The fourth-order valence-electron chi connectivity index (χ4n) is 2.67. The van der Waals surface area contributed by atoms with Crippen LogP contribution in [0, 0.1) is 0 Å².